The smallest absolute Gasteiger partial charge is 0.249 e. The van der Waals surface area contributed by atoms with Crippen LogP contribution >= 0.6 is 0 Å². The van der Waals surface area contributed by atoms with Gasteiger partial charge in [-0.15, -0.1) is 0 Å². The second kappa shape index (κ2) is 11.0. The number of hydrogen-bond acceptors (Lipinski definition) is 4. The molecule has 2 heterocycles. The summed E-state index contributed by atoms with van der Waals surface area (Å²) in [5.74, 6) is 1.43. The molecule has 5 nitrogen and oxygen atoms in total. The predicted molar refractivity (Wildman–Crippen MR) is 140 cm³/mol. The lowest BCUT2D eigenvalue weighted by Crippen LogP contribution is -2.40. The summed E-state index contributed by atoms with van der Waals surface area (Å²) in [6, 6.07) is 15.0. The molecule has 5 rings (SSSR count). The van der Waals surface area contributed by atoms with Crippen LogP contribution in [0, 0.1) is 0 Å². The van der Waals surface area contributed by atoms with Crippen molar-refractivity contribution >= 4 is 12.0 Å². The van der Waals surface area contributed by atoms with Crippen molar-refractivity contribution in [3.05, 3.63) is 70.3 Å². The Labute approximate surface area is 209 Å². The Morgan fingerprint density at radius 2 is 1.80 bits per heavy atom. The zero-order valence-corrected chi connectivity index (χ0v) is 20.9. The van der Waals surface area contributed by atoms with Gasteiger partial charge in [-0.1, -0.05) is 36.4 Å². The number of aliphatic hydroxyl groups is 1. The van der Waals surface area contributed by atoms with Gasteiger partial charge in [-0.05, 0) is 92.8 Å². The first kappa shape index (κ1) is 24.1. The third kappa shape index (κ3) is 5.79. The van der Waals surface area contributed by atoms with Gasteiger partial charge in [-0.25, -0.2) is 0 Å². The van der Waals surface area contributed by atoms with Gasteiger partial charge in [0.05, 0.1) is 0 Å². The van der Waals surface area contributed by atoms with E-state index in [0.29, 0.717) is 18.2 Å². The van der Waals surface area contributed by atoms with Crippen molar-refractivity contribution in [3.8, 4) is 5.75 Å². The summed E-state index contributed by atoms with van der Waals surface area (Å²) in [5.41, 5.74) is 6.34. The fourth-order valence-electron chi connectivity index (χ4n) is 5.79. The molecule has 1 N–H and O–H groups in total. The number of likely N-dealkylation sites (tertiary alicyclic amines) is 2. The Morgan fingerprint density at radius 3 is 2.57 bits per heavy atom. The highest BCUT2D eigenvalue weighted by molar-refractivity contribution is 6.00. The third-order valence-corrected chi connectivity index (χ3v) is 7.92. The molecule has 2 aromatic carbocycles. The van der Waals surface area contributed by atoms with Crippen LogP contribution in [-0.4, -0.2) is 66.8 Å². The number of aliphatic hydroxyl groups excluding tert-OH is 1. The largest absolute Gasteiger partial charge is 0.490 e. The Hall–Kier alpha value is -2.63. The molecule has 1 aliphatic carbocycles. The first-order valence-corrected chi connectivity index (χ1v) is 13.3. The summed E-state index contributed by atoms with van der Waals surface area (Å²) in [5, 5.41) is 10.7. The number of benzene rings is 2. The molecule has 0 saturated carbocycles. The van der Waals surface area contributed by atoms with E-state index in [0.717, 1.165) is 50.0 Å². The molecule has 1 atom stereocenters. The van der Waals surface area contributed by atoms with Crippen LogP contribution in [-0.2, 0) is 17.6 Å². The SMILES string of the molecule is CN1CC/C(=C/c2ccccc2OC[C@@H](O)CN2CCC(c3ccc4c(c3)CCCC4)CC2)C1=O. The van der Waals surface area contributed by atoms with Gasteiger partial charge < -0.3 is 19.6 Å². The lowest BCUT2D eigenvalue weighted by atomic mass is 9.84. The summed E-state index contributed by atoms with van der Waals surface area (Å²) in [7, 11) is 1.83. The van der Waals surface area contributed by atoms with Gasteiger partial charge in [0.1, 0.15) is 18.5 Å². The zero-order valence-electron chi connectivity index (χ0n) is 20.9. The molecule has 0 aromatic heterocycles. The average Bonchev–Trinajstić information content (AvgIpc) is 3.20. The lowest BCUT2D eigenvalue weighted by molar-refractivity contribution is -0.123. The fourth-order valence-corrected chi connectivity index (χ4v) is 5.79. The number of carbonyl (C=O) groups excluding carboxylic acids is 1. The number of aryl methyl sites for hydroxylation is 2. The highest BCUT2D eigenvalue weighted by Crippen LogP contribution is 2.32. The highest BCUT2D eigenvalue weighted by atomic mass is 16.5. The Kier molecular flexibility index (Phi) is 7.54. The van der Waals surface area contributed by atoms with E-state index >= 15 is 0 Å². The fraction of sp³-hybridized carbons (Fsp3) is 0.500. The number of para-hydroxylation sites is 1. The minimum absolute atomic E-state index is 0.0821. The maximum Gasteiger partial charge on any atom is 0.249 e. The van der Waals surface area contributed by atoms with Crippen LogP contribution in [0.5, 0.6) is 5.75 Å². The molecule has 0 bridgehead atoms. The molecule has 186 valence electrons. The van der Waals surface area contributed by atoms with Crippen molar-refractivity contribution in [2.24, 2.45) is 0 Å². The monoisotopic (exact) mass is 474 g/mol. The standard InChI is InChI=1S/C30H38N2O3/c1-31-15-12-27(30(31)34)19-26-8-4-5-9-29(26)35-21-28(33)20-32-16-13-23(14-17-32)25-11-10-22-6-2-3-7-24(22)18-25/h4-5,8-11,18-19,23,28,33H,2-3,6-7,12-17,20-21H2,1H3/b27-19-/t28-/m0/s1. The van der Waals surface area contributed by atoms with Crippen molar-refractivity contribution in [2.75, 3.05) is 39.8 Å². The van der Waals surface area contributed by atoms with E-state index < -0.39 is 6.10 Å². The number of hydrogen-bond donors (Lipinski definition) is 1. The number of carbonyl (C=O) groups is 1. The van der Waals surface area contributed by atoms with Crippen LogP contribution in [0.15, 0.2) is 48.0 Å². The number of rotatable bonds is 7. The van der Waals surface area contributed by atoms with E-state index in [1.54, 1.807) is 16.0 Å². The molecule has 2 saturated heterocycles. The zero-order chi connectivity index (χ0) is 24.2. The van der Waals surface area contributed by atoms with Crippen molar-refractivity contribution < 1.29 is 14.6 Å². The number of fused-ring (bicyclic) bond motifs is 1. The molecule has 0 spiro atoms. The van der Waals surface area contributed by atoms with Gasteiger partial charge in [0.15, 0.2) is 0 Å². The van der Waals surface area contributed by atoms with Crippen molar-refractivity contribution in [3.63, 3.8) is 0 Å². The normalized spacial score (nSPS) is 21.4. The molecule has 2 aromatic rings. The third-order valence-electron chi connectivity index (χ3n) is 7.92. The van der Waals surface area contributed by atoms with E-state index in [1.807, 2.05) is 37.4 Å². The Bertz CT molecular complexity index is 1070. The predicted octanol–water partition coefficient (Wildman–Crippen LogP) is 4.43. The minimum Gasteiger partial charge on any atom is -0.490 e. The Morgan fingerprint density at radius 1 is 1.03 bits per heavy atom. The van der Waals surface area contributed by atoms with E-state index in [4.69, 9.17) is 4.74 Å². The molecule has 35 heavy (non-hydrogen) atoms. The number of ether oxygens (including phenoxy) is 1. The summed E-state index contributed by atoms with van der Waals surface area (Å²) < 4.78 is 6.01. The molecule has 0 radical (unpaired) electrons. The summed E-state index contributed by atoms with van der Waals surface area (Å²) in [6.45, 7) is 3.66. The number of β-amino-alcohol motifs (C(OH)–C–C–N with tert-alkyl or cyclic N) is 1. The molecule has 5 heteroatoms. The quantitative estimate of drug-likeness (QED) is 0.603. The first-order chi connectivity index (χ1) is 17.1. The second-order valence-corrected chi connectivity index (χ2v) is 10.5. The maximum absolute atomic E-state index is 12.3. The van der Waals surface area contributed by atoms with Crippen LogP contribution in [0.2, 0.25) is 0 Å². The molecule has 0 unspecified atom stereocenters. The first-order valence-electron chi connectivity index (χ1n) is 13.3. The number of likely N-dealkylation sites (N-methyl/N-ethyl adjacent to an activating group) is 1. The van der Waals surface area contributed by atoms with Gasteiger partial charge in [0.2, 0.25) is 5.91 Å². The molecular formula is C30H38N2O3. The van der Waals surface area contributed by atoms with Gasteiger partial charge in [-0.2, -0.15) is 0 Å². The van der Waals surface area contributed by atoms with Crippen LogP contribution < -0.4 is 4.74 Å². The van der Waals surface area contributed by atoms with E-state index in [-0.39, 0.29) is 12.5 Å². The summed E-state index contributed by atoms with van der Waals surface area (Å²) in [4.78, 5) is 16.4. The summed E-state index contributed by atoms with van der Waals surface area (Å²) >= 11 is 0. The molecule has 3 aliphatic rings. The van der Waals surface area contributed by atoms with Crippen LogP contribution in [0.25, 0.3) is 6.08 Å². The van der Waals surface area contributed by atoms with Crippen LogP contribution in [0.4, 0.5) is 0 Å². The van der Waals surface area contributed by atoms with Crippen molar-refractivity contribution in [2.45, 2.75) is 57.0 Å². The maximum atomic E-state index is 12.3. The van der Waals surface area contributed by atoms with E-state index in [2.05, 4.69) is 23.1 Å². The molecule has 2 aliphatic heterocycles. The number of nitrogens with zero attached hydrogens (tertiary/aromatic N) is 2. The lowest BCUT2D eigenvalue weighted by Gasteiger charge is -2.33. The second-order valence-electron chi connectivity index (χ2n) is 10.5. The number of piperidine rings is 1. The molecule has 2 fully saturated rings. The van der Waals surface area contributed by atoms with Gasteiger partial charge >= 0.3 is 0 Å². The topological polar surface area (TPSA) is 53.0 Å². The summed E-state index contributed by atoms with van der Waals surface area (Å²) in [6.07, 6.45) is 9.57. The minimum atomic E-state index is -0.546. The van der Waals surface area contributed by atoms with Crippen LogP contribution in [0.3, 0.4) is 0 Å². The Balaban J connectivity index is 1.11. The van der Waals surface area contributed by atoms with Gasteiger partial charge in [0.25, 0.3) is 0 Å². The van der Waals surface area contributed by atoms with E-state index in [1.165, 1.54) is 31.2 Å². The van der Waals surface area contributed by atoms with Gasteiger partial charge in [-0.3, -0.25) is 4.79 Å². The molecular weight excluding hydrogens is 436 g/mol. The molecule has 1 amide bonds. The highest BCUT2D eigenvalue weighted by Gasteiger charge is 2.24. The van der Waals surface area contributed by atoms with Crippen molar-refractivity contribution in [1.29, 1.82) is 0 Å². The van der Waals surface area contributed by atoms with E-state index in [9.17, 15) is 9.90 Å². The van der Waals surface area contributed by atoms with Crippen LogP contribution in [0.1, 0.15) is 60.3 Å². The number of amides is 1. The van der Waals surface area contributed by atoms with Gasteiger partial charge in [0, 0.05) is 31.3 Å². The average molecular weight is 475 g/mol. The van der Waals surface area contributed by atoms with Crippen molar-refractivity contribution in [1.82, 2.24) is 9.80 Å².